The summed E-state index contributed by atoms with van der Waals surface area (Å²) in [6, 6.07) is 0. The van der Waals surface area contributed by atoms with Gasteiger partial charge in [-0.2, -0.15) is 0 Å². The fourth-order valence-electron chi connectivity index (χ4n) is 3.19. The molecule has 1 atom stereocenters. The number of aliphatic hydroxyl groups is 1. The van der Waals surface area contributed by atoms with Crippen LogP contribution in [-0.2, 0) is 11.2 Å². The van der Waals surface area contributed by atoms with E-state index in [1.807, 2.05) is 10.3 Å². The van der Waals surface area contributed by atoms with Gasteiger partial charge in [0.25, 0.3) is 0 Å². The average molecular weight is 311 g/mol. The molecule has 0 aromatic carbocycles. The van der Waals surface area contributed by atoms with Crippen molar-refractivity contribution >= 4 is 22.4 Å². The first-order chi connectivity index (χ1) is 10.1. The molecular formula is C15H25N3O2S. The van der Waals surface area contributed by atoms with Crippen LogP contribution < -0.4 is 5.73 Å². The third kappa shape index (κ3) is 4.17. The molecular weight excluding hydrogens is 286 g/mol. The van der Waals surface area contributed by atoms with Gasteiger partial charge in [-0.05, 0) is 25.7 Å². The van der Waals surface area contributed by atoms with Gasteiger partial charge in [-0.3, -0.25) is 4.79 Å². The Morgan fingerprint density at radius 3 is 3.05 bits per heavy atom. The molecule has 3 N–H and O–H groups in total. The second-order valence-electron chi connectivity index (χ2n) is 6.00. The topological polar surface area (TPSA) is 79.5 Å². The second kappa shape index (κ2) is 7.22. The molecule has 1 saturated heterocycles. The number of hydrogen-bond acceptors (Lipinski definition) is 5. The molecule has 0 saturated carbocycles. The Kier molecular flexibility index (Phi) is 5.58. The van der Waals surface area contributed by atoms with Crippen molar-refractivity contribution in [1.82, 2.24) is 9.88 Å². The van der Waals surface area contributed by atoms with E-state index in [1.54, 1.807) is 0 Å². The Bertz CT molecular complexity index is 473. The molecule has 0 bridgehead atoms. The summed E-state index contributed by atoms with van der Waals surface area (Å²) in [5.41, 5.74) is 6.40. The van der Waals surface area contributed by atoms with Gasteiger partial charge >= 0.3 is 0 Å². The van der Waals surface area contributed by atoms with E-state index >= 15 is 0 Å². The van der Waals surface area contributed by atoms with E-state index in [1.165, 1.54) is 11.3 Å². The third-order valence-corrected chi connectivity index (χ3v) is 5.02. The van der Waals surface area contributed by atoms with Crippen LogP contribution in [0.25, 0.3) is 0 Å². The predicted molar refractivity (Wildman–Crippen MR) is 85.1 cm³/mol. The number of hydrogen-bond donors (Lipinski definition) is 2. The van der Waals surface area contributed by atoms with E-state index in [9.17, 15) is 9.90 Å². The summed E-state index contributed by atoms with van der Waals surface area (Å²) < 4.78 is 0. The minimum atomic E-state index is -0.0896. The van der Waals surface area contributed by atoms with Crippen LogP contribution >= 0.6 is 11.3 Å². The molecule has 1 aromatic rings. The highest BCUT2D eigenvalue weighted by Crippen LogP contribution is 2.34. The van der Waals surface area contributed by atoms with Crippen molar-refractivity contribution < 1.29 is 9.90 Å². The zero-order chi connectivity index (χ0) is 15.3. The number of thiazole rings is 1. The summed E-state index contributed by atoms with van der Waals surface area (Å²) in [5, 5.41) is 12.2. The van der Waals surface area contributed by atoms with Gasteiger partial charge in [0, 0.05) is 30.3 Å². The lowest BCUT2D eigenvalue weighted by atomic mass is 9.77. The van der Waals surface area contributed by atoms with Crippen LogP contribution in [0.1, 0.15) is 44.7 Å². The van der Waals surface area contributed by atoms with E-state index < -0.39 is 0 Å². The van der Waals surface area contributed by atoms with Crippen molar-refractivity contribution in [3.8, 4) is 0 Å². The fraction of sp³-hybridized carbons (Fsp3) is 0.733. The van der Waals surface area contributed by atoms with Crippen molar-refractivity contribution in [2.45, 2.75) is 45.4 Å². The smallest absolute Gasteiger partial charge is 0.222 e. The molecule has 21 heavy (non-hydrogen) atoms. The molecule has 2 heterocycles. The second-order valence-corrected chi connectivity index (χ2v) is 6.89. The molecule has 1 aliphatic heterocycles. The third-order valence-electron chi connectivity index (χ3n) is 4.29. The van der Waals surface area contributed by atoms with Crippen LogP contribution in [-0.4, -0.2) is 40.6 Å². The summed E-state index contributed by atoms with van der Waals surface area (Å²) in [4.78, 5) is 18.5. The van der Waals surface area contributed by atoms with Crippen LogP contribution in [0.2, 0.25) is 0 Å². The van der Waals surface area contributed by atoms with Gasteiger partial charge in [0.2, 0.25) is 5.91 Å². The molecule has 118 valence electrons. The average Bonchev–Trinajstić information content (AvgIpc) is 2.91. The van der Waals surface area contributed by atoms with E-state index in [0.717, 1.165) is 37.9 Å². The van der Waals surface area contributed by atoms with Gasteiger partial charge in [-0.25, -0.2) is 4.98 Å². The monoisotopic (exact) mass is 311 g/mol. The number of aryl methyl sites for hydroxylation is 1. The normalized spacial score (nSPS) is 22.5. The van der Waals surface area contributed by atoms with Gasteiger partial charge < -0.3 is 15.7 Å². The quantitative estimate of drug-likeness (QED) is 0.843. The van der Waals surface area contributed by atoms with Gasteiger partial charge in [0.15, 0.2) is 5.13 Å². The fourth-order valence-corrected chi connectivity index (χ4v) is 3.79. The van der Waals surface area contributed by atoms with Crippen molar-refractivity contribution in [2.75, 3.05) is 25.4 Å². The van der Waals surface area contributed by atoms with Crippen LogP contribution in [0.4, 0.5) is 5.13 Å². The largest absolute Gasteiger partial charge is 0.396 e. The Labute approximate surface area is 130 Å². The zero-order valence-corrected chi connectivity index (χ0v) is 13.5. The predicted octanol–water partition coefficient (Wildman–Crippen LogP) is 2.06. The number of aliphatic hydroxyl groups excluding tert-OH is 1. The van der Waals surface area contributed by atoms with Crippen LogP contribution in [0.5, 0.6) is 0 Å². The molecule has 1 amide bonds. The van der Waals surface area contributed by atoms with Gasteiger partial charge in [-0.1, -0.05) is 13.3 Å². The molecule has 1 aromatic heterocycles. The number of nitrogens with two attached hydrogens (primary N) is 1. The first-order valence-corrected chi connectivity index (χ1v) is 8.55. The Hall–Kier alpha value is -1.14. The van der Waals surface area contributed by atoms with E-state index in [-0.39, 0.29) is 17.9 Å². The highest BCUT2D eigenvalue weighted by atomic mass is 32.1. The van der Waals surface area contributed by atoms with Crippen molar-refractivity contribution in [3.05, 3.63) is 11.1 Å². The van der Waals surface area contributed by atoms with Gasteiger partial charge in [0.1, 0.15) is 0 Å². The molecule has 6 heteroatoms. The number of carbonyl (C=O) groups is 1. The maximum atomic E-state index is 12.4. The van der Waals surface area contributed by atoms with Crippen LogP contribution in [0.15, 0.2) is 5.38 Å². The lowest BCUT2D eigenvalue weighted by Crippen LogP contribution is -2.47. The molecule has 1 fully saturated rings. The Morgan fingerprint density at radius 2 is 2.43 bits per heavy atom. The summed E-state index contributed by atoms with van der Waals surface area (Å²) in [5.74, 6) is 0.162. The summed E-state index contributed by atoms with van der Waals surface area (Å²) in [6.07, 6.45) is 5.13. The number of nitrogens with zero attached hydrogens (tertiary/aromatic N) is 2. The standard InChI is InChI=1S/C15H25N3O2S/c1-2-6-15(11-19)7-3-8-18(10-15)13(20)5-4-12-9-21-14(16)17-12/h9,19H,2-8,10-11H2,1H3,(H2,16,17)/t15-/m0/s1. The molecule has 5 nitrogen and oxygen atoms in total. The first-order valence-electron chi connectivity index (χ1n) is 7.67. The molecule has 0 radical (unpaired) electrons. The van der Waals surface area contributed by atoms with Crippen molar-refractivity contribution in [2.24, 2.45) is 5.41 Å². The SMILES string of the molecule is CCC[C@]1(CO)CCCN(C(=O)CCc2csc(N)n2)C1. The molecule has 0 unspecified atom stereocenters. The lowest BCUT2D eigenvalue weighted by Gasteiger charge is -2.42. The number of likely N-dealkylation sites (tertiary alicyclic amines) is 1. The van der Waals surface area contributed by atoms with E-state index in [0.29, 0.717) is 24.5 Å². The minimum Gasteiger partial charge on any atom is -0.396 e. The highest BCUT2D eigenvalue weighted by Gasteiger charge is 2.35. The van der Waals surface area contributed by atoms with Crippen molar-refractivity contribution in [1.29, 1.82) is 0 Å². The maximum Gasteiger partial charge on any atom is 0.222 e. The number of amides is 1. The van der Waals surface area contributed by atoms with Gasteiger partial charge in [-0.15, -0.1) is 11.3 Å². The van der Waals surface area contributed by atoms with Gasteiger partial charge in [0.05, 0.1) is 12.3 Å². The van der Waals surface area contributed by atoms with Crippen LogP contribution in [0.3, 0.4) is 0 Å². The summed E-state index contributed by atoms with van der Waals surface area (Å²) >= 11 is 1.41. The van der Waals surface area contributed by atoms with E-state index in [2.05, 4.69) is 11.9 Å². The minimum absolute atomic E-state index is 0.0896. The number of aromatic nitrogens is 1. The summed E-state index contributed by atoms with van der Waals surface area (Å²) in [6.45, 7) is 3.80. The van der Waals surface area contributed by atoms with Crippen LogP contribution in [0, 0.1) is 5.41 Å². The number of nitrogen functional groups attached to an aromatic ring is 1. The molecule has 2 rings (SSSR count). The lowest BCUT2D eigenvalue weighted by molar-refractivity contribution is -0.135. The molecule has 1 aliphatic rings. The number of carbonyl (C=O) groups excluding carboxylic acids is 1. The highest BCUT2D eigenvalue weighted by molar-refractivity contribution is 7.13. The summed E-state index contributed by atoms with van der Waals surface area (Å²) in [7, 11) is 0. The van der Waals surface area contributed by atoms with E-state index in [4.69, 9.17) is 5.73 Å². The Balaban J connectivity index is 1.89. The zero-order valence-electron chi connectivity index (χ0n) is 12.7. The molecule has 0 spiro atoms. The number of rotatable bonds is 6. The maximum absolute atomic E-state index is 12.4. The Morgan fingerprint density at radius 1 is 1.62 bits per heavy atom. The van der Waals surface area contributed by atoms with Crippen molar-refractivity contribution in [3.63, 3.8) is 0 Å². The number of piperidine rings is 1. The first kappa shape index (κ1) is 16.2. The molecule has 0 aliphatic carbocycles. The number of anilines is 1.